The summed E-state index contributed by atoms with van der Waals surface area (Å²) >= 11 is 0. The number of carbonyl (C=O) groups excluding carboxylic acids is 1. The fourth-order valence-corrected chi connectivity index (χ4v) is 3.71. The number of carbonyl (C=O) groups is 1. The van der Waals surface area contributed by atoms with Gasteiger partial charge in [-0.1, -0.05) is 0 Å². The number of nitrogens with one attached hydrogen (secondary N) is 1. The Kier molecular flexibility index (Phi) is 4.53. The Morgan fingerprint density at radius 1 is 1.16 bits per heavy atom. The summed E-state index contributed by atoms with van der Waals surface area (Å²) in [4.78, 5) is 23.0. The third-order valence-electron chi connectivity index (χ3n) is 5.35. The molecule has 0 radical (unpaired) electrons. The number of hydrogen-bond donors (Lipinski definition) is 1. The van der Waals surface area contributed by atoms with Gasteiger partial charge < -0.3 is 14.8 Å². The number of hydrogen-bond acceptors (Lipinski definition) is 4. The third kappa shape index (κ3) is 3.58. The highest BCUT2D eigenvalue weighted by Gasteiger charge is 2.36. The maximum atomic E-state index is 12.5. The fourth-order valence-electron chi connectivity index (χ4n) is 3.71. The van der Waals surface area contributed by atoms with Gasteiger partial charge in [-0.15, -0.1) is 0 Å². The number of imidazole rings is 1. The summed E-state index contributed by atoms with van der Waals surface area (Å²) in [6.45, 7) is 1.60. The van der Waals surface area contributed by atoms with Gasteiger partial charge in [0, 0.05) is 56.5 Å². The number of pyridine rings is 1. The van der Waals surface area contributed by atoms with Crippen LogP contribution in [-0.4, -0.2) is 44.5 Å². The molecule has 1 atom stereocenters. The summed E-state index contributed by atoms with van der Waals surface area (Å²) in [6, 6.07) is 4.37. The molecular weight excluding hydrogens is 314 g/mol. The van der Waals surface area contributed by atoms with Crippen LogP contribution in [0.2, 0.25) is 0 Å². The molecule has 2 aliphatic rings. The van der Waals surface area contributed by atoms with Gasteiger partial charge in [0.05, 0.1) is 6.04 Å². The molecule has 2 aromatic heterocycles. The van der Waals surface area contributed by atoms with Gasteiger partial charge >= 0.3 is 0 Å². The average molecular weight is 339 g/mol. The van der Waals surface area contributed by atoms with Crippen LogP contribution in [0.25, 0.3) is 0 Å². The molecule has 2 aromatic rings. The van der Waals surface area contributed by atoms with E-state index in [1.165, 1.54) is 12.8 Å². The van der Waals surface area contributed by atoms with Crippen LogP contribution in [0.15, 0.2) is 36.9 Å². The van der Waals surface area contributed by atoms with Crippen LogP contribution in [0.3, 0.4) is 0 Å². The van der Waals surface area contributed by atoms with Gasteiger partial charge in [-0.25, -0.2) is 4.98 Å². The molecule has 1 saturated heterocycles. The first-order chi connectivity index (χ1) is 12.2. The van der Waals surface area contributed by atoms with Crippen molar-refractivity contribution in [3.8, 4) is 0 Å². The molecule has 2 fully saturated rings. The standard InChI is InChI=1S/C19H25N5O/c1-23-13-10-21-18(23)17(14-2-3-14)22-16-6-11-24(12-7-16)19(25)15-4-8-20-9-5-15/h4-5,8-10,13-14,16-17,22H,2-3,6-7,11-12H2,1H3/t17-/m0/s1. The van der Waals surface area contributed by atoms with Crippen molar-refractivity contribution in [3.63, 3.8) is 0 Å². The van der Waals surface area contributed by atoms with Crippen molar-refractivity contribution >= 4 is 5.91 Å². The highest BCUT2D eigenvalue weighted by molar-refractivity contribution is 5.94. The second-order valence-electron chi connectivity index (χ2n) is 7.18. The maximum Gasteiger partial charge on any atom is 0.253 e. The molecule has 3 heterocycles. The van der Waals surface area contributed by atoms with E-state index < -0.39 is 0 Å². The molecule has 6 nitrogen and oxygen atoms in total. The average Bonchev–Trinajstić information content (AvgIpc) is 3.41. The Hall–Kier alpha value is -2.21. The minimum atomic E-state index is 0.115. The Morgan fingerprint density at radius 3 is 2.48 bits per heavy atom. The van der Waals surface area contributed by atoms with Crippen LogP contribution in [-0.2, 0) is 7.05 Å². The molecule has 1 N–H and O–H groups in total. The lowest BCUT2D eigenvalue weighted by Crippen LogP contribution is -2.46. The molecule has 0 unspecified atom stereocenters. The summed E-state index contributed by atoms with van der Waals surface area (Å²) in [5, 5.41) is 3.83. The van der Waals surface area contributed by atoms with Crippen molar-refractivity contribution in [1.82, 2.24) is 24.8 Å². The van der Waals surface area contributed by atoms with Crippen molar-refractivity contribution < 1.29 is 4.79 Å². The van der Waals surface area contributed by atoms with E-state index in [0.29, 0.717) is 18.0 Å². The molecule has 0 aromatic carbocycles. The van der Waals surface area contributed by atoms with Crippen LogP contribution >= 0.6 is 0 Å². The molecule has 0 spiro atoms. The van der Waals surface area contributed by atoms with Gasteiger partial charge in [-0.2, -0.15) is 0 Å². The zero-order valence-electron chi connectivity index (χ0n) is 14.6. The van der Waals surface area contributed by atoms with Crippen molar-refractivity contribution in [3.05, 3.63) is 48.3 Å². The molecule has 1 aliphatic heterocycles. The summed E-state index contributed by atoms with van der Waals surface area (Å²) in [6.07, 6.45) is 11.8. The third-order valence-corrected chi connectivity index (χ3v) is 5.35. The molecule has 6 heteroatoms. The Balaban J connectivity index is 1.35. The maximum absolute atomic E-state index is 12.5. The zero-order chi connectivity index (χ0) is 17.2. The van der Waals surface area contributed by atoms with E-state index >= 15 is 0 Å². The Labute approximate surface area is 148 Å². The van der Waals surface area contributed by atoms with Gasteiger partial charge in [0.1, 0.15) is 5.82 Å². The van der Waals surface area contributed by atoms with Gasteiger partial charge in [-0.3, -0.25) is 9.78 Å². The lowest BCUT2D eigenvalue weighted by atomic mass is 10.0. The molecule has 0 bridgehead atoms. The Bertz CT molecular complexity index is 716. The lowest BCUT2D eigenvalue weighted by Gasteiger charge is -2.34. The minimum Gasteiger partial charge on any atom is -0.339 e. The number of aryl methyl sites for hydroxylation is 1. The van der Waals surface area contributed by atoms with E-state index in [0.717, 1.165) is 37.3 Å². The van der Waals surface area contributed by atoms with Crippen LogP contribution in [0.1, 0.15) is 47.9 Å². The SMILES string of the molecule is Cn1ccnc1[C@@H](NC1CCN(C(=O)c2ccncc2)CC1)C1CC1. The molecular formula is C19H25N5O. The topological polar surface area (TPSA) is 63.1 Å². The number of nitrogens with zero attached hydrogens (tertiary/aromatic N) is 4. The van der Waals surface area contributed by atoms with Crippen LogP contribution in [0.5, 0.6) is 0 Å². The summed E-state index contributed by atoms with van der Waals surface area (Å²) in [7, 11) is 2.06. The van der Waals surface area contributed by atoms with Gasteiger partial charge in [-0.05, 0) is 43.7 Å². The van der Waals surface area contributed by atoms with Crippen molar-refractivity contribution in [2.45, 2.75) is 37.8 Å². The summed E-state index contributed by atoms with van der Waals surface area (Å²) in [5.74, 6) is 1.96. The van der Waals surface area contributed by atoms with Gasteiger partial charge in [0.25, 0.3) is 5.91 Å². The van der Waals surface area contributed by atoms with Crippen molar-refractivity contribution in [1.29, 1.82) is 0 Å². The number of aromatic nitrogens is 3. The normalized spacial score (nSPS) is 19.8. The van der Waals surface area contributed by atoms with Crippen LogP contribution in [0, 0.1) is 5.92 Å². The predicted octanol–water partition coefficient (Wildman–Crippen LogP) is 2.16. The lowest BCUT2D eigenvalue weighted by molar-refractivity contribution is 0.0699. The van der Waals surface area contributed by atoms with Crippen molar-refractivity contribution in [2.24, 2.45) is 13.0 Å². The quantitative estimate of drug-likeness (QED) is 0.907. The summed E-state index contributed by atoms with van der Waals surface area (Å²) in [5.41, 5.74) is 0.727. The van der Waals surface area contributed by atoms with Crippen LogP contribution in [0.4, 0.5) is 0 Å². The molecule has 1 amide bonds. The molecule has 25 heavy (non-hydrogen) atoms. The smallest absolute Gasteiger partial charge is 0.253 e. The number of rotatable bonds is 5. The van der Waals surface area contributed by atoms with Crippen LogP contribution < -0.4 is 5.32 Å². The fraction of sp³-hybridized carbons (Fsp3) is 0.526. The predicted molar refractivity (Wildman–Crippen MR) is 95.0 cm³/mol. The number of piperidine rings is 1. The monoisotopic (exact) mass is 339 g/mol. The largest absolute Gasteiger partial charge is 0.339 e. The number of amides is 1. The van der Waals surface area contributed by atoms with E-state index in [9.17, 15) is 4.79 Å². The molecule has 132 valence electrons. The molecule has 1 aliphatic carbocycles. The zero-order valence-corrected chi connectivity index (χ0v) is 14.6. The van der Waals surface area contributed by atoms with Gasteiger partial charge in [0.2, 0.25) is 0 Å². The van der Waals surface area contributed by atoms with E-state index in [1.807, 2.05) is 17.3 Å². The number of likely N-dealkylation sites (tertiary alicyclic amines) is 1. The molecule has 4 rings (SSSR count). The Morgan fingerprint density at radius 2 is 1.88 bits per heavy atom. The highest BCUT2D eigenvalue weighted by Crippen LogP contribution is 2.41. The minimum absolute atomic E-state index is 0.115. The van der Waals surface area contributed by atoms with Gasteiger partial charge in [0.15, 0.2) is 0 Å². The van der Waals surface area contributed by atoms with Crippen molar-refractivity contribution in [2.75, 3.05) is 13.1 Å². The first kappa shape index (κ1) is 16.3. The second-order valence-corrected chi connectivity index (χ2v) is 7.18. The molecule has 1 saturated carbocycles. The van der Waals surface area contributed by atoms with E-state index in [-0.39, 0.29) is 5.91 Å². The second kappa shape index (κ2) is 6.96. The first-order valence-electron chi connectivity index (χ1n) is 9.15. The van der Waals surface area contributed by atoms with E-state index in [2.05, 4.69) is 26.9 Å². The summed E-state index contributed by atoms with van der Waals surface area (Å²) < 4.78 is 2.12. The highest BCUT2D eigenvalue weighted by atomic mass is 16.2. The van der Waals surface area contributed by atoms with E-state index in [1.54, 1.807) is 24.5 Å². The van der Waals surface area contributed by atoms with E-state index in [4.69, 9.17) is 0 Å². The first-order valence-corrected chi connectivity index (χ1v) is 9.15.